The molecule has 0 saturated carbocycles. The van der Waals surface area contributed by atoms with Crippen molar-refractivity contribution in [1.29, 1.82) is 0 Å². The summed E-state index contributed by atoms with van der Waals surface area (Å²) < 4.78 is 0. The topological polar surface area (TPSA) is 58.2 Å². The number of halogens is 1. The minimum absolute atomic E-state index is 0.00725. The molecular weight excluding hydrogens is 376 g/mol. The van der Waals surface area contributed by atoms with Crippen LogP contribution in [0.4, 0.5) is 0 Å². The molecule has 0 aliphatic rings. The maximum absolute atomic E-state index is 12.4. The summed E-state index contributed by atoms with van der Waals surface area (Å²) in [6, 6.07) is 10.6. The number of nitrogens with one attached hydrogen (secondary N) is 2. The molecule has 0 spiro atoms. The largest absolute Gasteiger partial charge is 0.353 e. The van der Waals surface area contributed by atoms with Gasteiger partial charge in [0, 0.05) is 22.2 Å². The predicted octanol–water partition coefficient (Wildman–Crippen LogP) is 4.06. The Bertz CT molecular complexity index is 688. The molecular formula is C18H21ClN2O2S2. The van der Waals surface area contributed by atoms with Crippen LogP contribution in [0, 0.1) is 5.92 Å². The summed E-state index contributed by atoms with van der Waals surface area (Å²) in [7, 11) is 0. The Hall–Kier alpha value is -1.50. The van der Waals surface area contributed by atoms with Gasteiger partial charge in [0.1, 0.15) is 6.04 Å². The summed E-state index contributed by atoms with van der Waals surface area (Å²) in [5.41, 5.74) is 0. The summed E-state index contributed by atoms with van der Waals surface area (Å²) >= 11 is 8.86. The molecule has 1 unspecified atom stereocenters. The van der Waals surface area contributed by atoms with Gasteiger partial charge in [-0.3, -0.25) is 9.59 Å². The molecule has 134 valence electrons. The van der Waals surface area contributed by atoms with E-state index in [2.05, 4.69) is 10.6 Å². The number of benzene rings is 1. The van der Waals surface area contributed by atoms with Crippen molar-refractivity contribution in [1.82, 2.24) is 10.6 Å². The van der Waals surface area contributed by atoms with Crippen LogP contribution in [0.3, 0.4) is 0 Å². The second-order valence-electron chi connectivity index (χ2n) is 5.77. The van der Waals surface area contributed by atoms with Gasteiger partial charge in [-0.1, -0.05) is 31.5 Å². The molecule has 25 heavy (non-hydrogen) atoms. The van der Waals surface area contributed by atoms with E-state index in [1.165, 1.54) is 11.3 Å². The summed E-state index contributed by atoms with van der Waals surface area (Å²) in [4.78, 5) is 26.3. The Kier molecular flexibility index (Phi) is 7.81. The molecule has 0 bridgehead atoms. The number of hydrogen-bond acceptors (Lipinski definition) is 4. The van der Waals surface area contributed by atoms with Crippen LogP contribution in [0.15, 0.2) is 46.7 Å². The zero-order chi connectivity index (χ0) is 18.2. The predicted molar refractivity (Wildman–Crippen MR) is 106 cm³/mol. The highest BCUT2D eigenvalue weighted by Crippen LogP contribution is 2.19. The van der Waals surface area contributed by atoms with Gasteiger partial charge in [-0.25, -0.2) is 0 Å². The van der Waals surface area contributed by atoms with E-state index in [9.17, 15) is 9.59 Å². The van der Waals surface area contributed by atoms with Gasteiger partial charge < -0.3 is 10.6 Å². The number of hydrogen-bond donors (Lipinski definition) is 2. The molecule has 1 heterocycles. The van der Waals surface area contributed by atoms with Crippen molar-refractivity contribution in [2.75, 3.05) is 12.3 Å². The first kappa shape index (κ1) is 19.8. The zero-order valence-electron chi connectivity index (χ0n) is 14.1. The second kappa shape index (κ2) is 9.85. The third-order valence-corrected chi connectivity index (χ3v) is 5.60. The summed E-state index contributed by atoms with van der Waals surface area (Å²) in [5, 5.41) is 8.27. The molecule has 0 saturated heterocycles. The fraction of sp³-hybridized carbons (Fsp3) is 0.333. The van der Waals surface area contributed by atoms with Crippen LogP contribution in [-0.2, 0) is 4.79 Å². The second-order valence-corrected chi connectivity index (χ2v) is 8.32. The molecule has 2 aromatic rings. The van der Waals surface area contributed by atoms with Gasteiger partial charge in [0.05, 0.1) is 4.88 Å². The molecule has 2 amide bonds. The van der Waals surface area contributed by atoms with Crippen LogP contribution in [0.1, 0.15) is 23.5 Å². The average molecular weight is 397 g/mol. The molecule has 4 nitrogen and oxygen atoms in total. The minimum Gasteiger partial charge on any atom is -0.353 e. The minimum atomic E-state index is -0.546. The van der Waals surface area contributed by atoms with E-state index in [-0.39, 0.29) is 17.7 Å². The summed E-state index contributed by atoms with van der Waals surface area (Å²) in [6.07, 6.45) is 0. The number of thiophene rings is 1. The quantitative estimate of drug-likeness (QED) is 0.522. The van der Waals surface area contributed by atoms with E-state index >= 15 is 0 Å². The van der Waals surface area contributed by atoms with E-state index in [1.807, 2.05) is 49.6 Å². The molecule has 1 aromatic carbocycles. The van der Waals surface area contributed by atoms with Gasteiger partial charge in [0.25, 0.3) is 5.91 Å². The number of thioether (sulfide) groups is 1. The Balaban J connectivity index is 1.79. The lowest BCUT2D eigenvalue weighted by Gasteiger charge is -2.21. The van der Waals surface area contributed by atoms with Crippen molar-refractivity contribution < 1.29 is 9.59 Å². The smallest absolute Gasteiger partial charge is 0.262 e. The van der Waals surface area contributed by atoms with Crippen LogP contribution in [-0.4, -0.2) is 30.2 Å². The van der Waals surface area contributed by atoms with E-state index in [0.29, 0.717) is 16.4 Å². The average Bonchev–Trinajstić information content (AvgIpc) is 3.12. The number of carbonyl (C=O) groups is 2. The Morgan fingerprint density at radius 2 is 1.92 bits per heavy atom. The Morgan fingerprint density at radius 3 is 2.52 bits per heavy atom. The first-order chi connectivity index (χ1) is 12.0. The zero-order valence-corrected chi connectivity index (χ0v) is 16.5. The maximum atomic E-state index is 12.4. The van der Waals surface area contributed by atoms with Crippen LogP contribution in [0.2, 0.25) is 5.02 Å². The van der Waals surface area contributed by atoms with E-state index in [1.54, 1.807) is 17.8 Å². The third-order valence-electron chi connectivity index (χ3n) is 3.46. The van der Waals surface area contributed by atoms with Gasteiger partial charge in [-0.15, -0.1) is 23.1 Å². The lowest BCUT2D eigenvalue weighted by Crippen LogP contribution is -2.50. The first-order valence-electron chi connectivity index (χ1n) is 7.98. The highest BCUT2D eigenvalue weighted by Gasteiger charge is 2.24. The standard InChI is InChI=1S/C18H21ClN2O2S2/c1-12(2)16(21-17(22)15-4-3-10-25-15)18(23)20-9-11-24-14-7-5-13(19)6-8-14/h3-8,10,12,16H,9,11H2,1-2H3,(H,20,23)(H,21,22). The third kappa shape index (κ3) is 6.38. The van der Waals surface area contributed by atoms with Gasteiger partial charge >= 0.3 is 0 Å². The molecule has 1 aromatic heterocycles. The number of rotatable bonds is 8. The normalized spacial score (nSPS) is 12.0. The molecule has 0 radical (unpaired) electrons. The summed E-state index contributed by atoms with van der Waals surface area (Å²) in [6.45, 7) is 4.37. The molecule has 1 atom stereocenters. The molecule has 0 aliphatic carbocycles. The van der Waals surface area contributed by atoms with Crippen molar-refractivity contribution in [3.05, 3.63) is 51.7 Å². The van der Waals surface area contributed by atoms with Crippen molar-refractivity contribution in [3.63, 3.8) is 0 Å². The van der Waals surface area contributed by atoms with Crippen LogP contribution < -0.4 is 10.6 Å². The van der Waals surface area contributed by atoms with Crippen molar-refractivity contribution in [3.8, 4) is 0 Å². The lowest BCUT2D eigenvalue weighted by atomic mass is 10.0. The molecule has 0 aliphatic heterocycles. The Labute approximate surface area is 161 Å². The van der Waals surface area contributed by atoms with E-state index < -0.39 is 6.04 Å². The monoisotopic (exact) mass is 396 g/mol. The van der Waals surface area contributed by atoms with Gasteiger partial charge in [-0.05, 0) is 41.6 Å². The molecule has 2 rings (SSSR count). The van der Waals surface area contributed by atoms with Crippen molar-refractivity contribution in [2.24, 2.45) is 5.92 Å². The fourth-order valence-electron chi connectivity index (χ4n) is 2.14. The highest BCUT2D eigenvalue weighted by molar-refractivity contribution is 7.99. The fourth-order valence-corrected chi connectivity index (χ4v) is 3.66. The lowest BCUT2D eigenvalue weighted by molar-refractivity contribution is -0.123. The van der Waals surface area contributed by atoms with Gasteiger partial charge in [0.15, 0.2) is 0 Å². The maximum Gasteiger partial charge on any atom is 0.262 e. The van der Waals surface area contributed by atoms with E-state index in [0.717, 1.165) is 10.6 Å². The van der Waals surface area contributed by atoms with Crippen LogP contribution in [0.25, 0.3) is 0 Å². The van der Waals surface area contributed by atoms with Crippen molar-refractivity contribution >= 4 is 46.5 Å². The number of amides is 2. The number of carbonyl (C=O) groups excluding carboxylic acids is 2. The van der Waals surface area contributed by atoms with Crippen LogP contribution in [0.5, 0.6) is 0 Å². The molecule has 0 fully saturated rings. The highest BCUT2D eigenvalue weighted by atomic mass is 35.5. The summed E-state index contributed by atoms with van der Waals surface area (Å²) in [5.74, 6) is 0.390. The van der Waals surface area contributed by atoms with Gasteiger partial charge in [0.2, 0.25) is 5.91 Å². The first-order valence-corrected chi connectivity index (χ1v) is 10.2. The Morgan fingerprint density at radius 1 is 1.20 bits per heavy atom. The van der Waals surface area contributed by atoms with Crippen LogP contribution >= 0.6 is 34.7 Å². The molecule has 7 heteroatoms. The SMILES string of the molecule is CC(C)C(NC(=O)c1cccs1)C(=O)NCCSc1ccc(Cl)cc1. The van der Waals surface area contributed by atoms with Crippen molar-refractivity contribution in [2.45, 2.75) is 24.8 Å². The van der Waals surface area contributed by atoms with E-state index in [4.69, 9.17) is 11.6 Å². The molecule has 2 N–H and O–H groups in total. The van der Waals surface area contributed by atoms with Gasteiger partial charge in [-0.2, -0.15) is 0 Å².